The summed E-state index contributed by atoms with van der Waals surface area (Å²) in [5.41, 5.74) is 30.4. The zero-order chi connectivity index (χ0) is 65.2. The number of ketones is 5. The number of hydrogen-bond acceptors (Lipinski definition) is 15. The average molecular weight is 1280 g/mol. The number of aryl methyl sites for hydroxylation is 1. The third kappa shape index (κ3) is 32.3. The predicted octanol–water partition coefficient (Wildman–Crippen LogP) is 2.41. The molecule has 0 aliphatic heterocycles. The number of unbranched alkanes of at least 4 members (excludes halogenated alkanes) is 2. The third-order valence-corrected chi connectivity index (χ3v) is 17.2. The van der Waals surface area contributed by atoms with E-state index in [1.54, 1.807) is 0 Å². The number of primary amides is 2. The molecule has 7 amide bonds. The molecule has 15 N–H and O–H groups in total. The van der Waals surface area contributed by atoms with Crippen LogP contribution in [0.3, 0.4) is 0 Å². The second-order valence-electron chi connectivity index (χ2n) is 24.2. The van der Waals surface area contributed by atoms with Crippen LogP contribution >= 0.6 is 0 Å². The van der Waals surface area contributed by atoms with Crippen molar-refractivity contribution in [3.8, 4) is 0 Å². The molecule has 0 aliphatic carbocycles. The van der Waals surface area contributed by atoms with Gasteiger partial charge in [-0.05, 0) is 62.6 Å². The van der Waals surface area contributed by atoms with Crippen LogP contribution in [0.1, 0.15) is 155 Å². The molecule has 484 valence electrons. The molecule has 87 heavy (non-hydrogen) atoms. The number of nitrogens with one attached hydrogen (secondary N) is 5. The molecule has 0 saturated heterocycles. The first-order valence-electron chi connectivity index (χ1n) is 30.7. The van der Waals surface area contributed by atoms with Gasteiger partial charge in [0.2, 0.25) is 23.6 Å². The van der Waals surface area contributed by atoms with Gasteiger partial charge in [0.25, 0.3) is 0 Å². The number of nitrogens with two attached hydrogens (primary N) is 5. The molecule has 0 bridgehead atoms. The van der Waals surface area contributed by atoms with Gasteiger partial charge in [0.1, 0.15) is 0 Å². The van der Waals surface area contributed by atoms with E-state index >= 15 is 0 Å². The van der Waals surface area contributed by atoms with Gasteiger partial charge in [-0.25, -0.2) is 0 Å². The quantitative estimate of drug-likeness (QED) is 0.0336. The summed E-state index contributed by atoms with van der Waals surface area (Å²) in [5, 5.41) is 13.8. The minimum absolute atomic E-state index is 0.0817. The Morgan fingerprint density at radius 3 is 1.57 bits per heavy atom. The Morgan fingerprint density at radius 2 is 1.01 bits per heavy atom. The average Bonchev–Trinajstić information content (AvgIpc) is 3.18. The Balaban J connectivity index is 2.23. The second kappa shape index (κ2) is 41.6. The molecule has 22 nitrogen and oxygen atoms in total. The van der Waals surface area contributed by atoms with Crippen molar-refractivity contribution in [2.45, 2.75) is 187 Å². The first-order valence-corrected chi connectivity index (χ1v) is 32.7. The standard InChI is InChI=1S/C64H100N10O12Se/c1-39(2)27-46(63(85)72-52(29-41(5)6)57(79)34-45(18-12-14-26-66)62(84)73-54(35-58(68)80)56(78)33-44(60(69)82)17-11-13-25-65)31-48(75)37-71-61(83)47(38-87-50-21-19-42(7)20-22-50)32-49(76)36-70-59(81)24-23-55(77)53(30-43-15-9-8-10-16-43)74-64(86)51(67)28-40(3)4/h8-10,15-16,19-22,39-41,44-47,51-54H,11-14,17-18,23-38,65-67H2,1-7H3,(H2,68,80)(H2,69,82)(H,70,81)(H,71,83)(H,72,85)(H,73,84)(H,74,86)/t44-,45-,46-,47+,51+,52+,53+,54+/m1/s1. The normalized spacial score (nSPS) is 14.1. The topological polar surface area (TPSA) is 395 Å². The van der Waals surface area contributed by atoms with E-state index in [1.165, 1.54) is 0 Å². The van der Waals surface area contributed by atoms with Crippen LogP contribution in [-0.4, -0.2) is 136 Å². The SMILES string of the molecule is Cc1ccc([Se]C[C@H](CC(=O)CNC(=O)CCC(=O)[C@H](Cc2ccccc2)NC(=O)[C@@H](N)CC(C)C)C(=O)NCC(=O)C[C@@H](CC(C)C)C(=O)N[C@@H](CC(C)C)C(=O)C[C@@H](CCCCN)C(=O)N[C@@H](CC(N)=O)C(=O)C[C@@H](CCCCN)C(N)=O)cc1. The van der Waals surface area contributed by atoms with Crippen molar-refractivity contribution >= 4 is 89.7 Å². The van der Waals surface area contributed by atoms with E-state index in [1.807, 2.05) is 103 Å². The van der Waals surface area contributed by atoms with Crippen molar-refractivity contribution in [1.82, 2.24) is 26.6 Å². The van der Waals surface area contributed by atoms with Crippen molar-refractivity contribution in [2.75, 3.05) is 26.2 Å². The zero-order valence-corrected chi connectivity index (χ0v) is 54.0. The molecule has 2 rings (SSSR count). The number of amides is 7. The van der Waals surface area contributed by atoms with Gasteiger partial charge in [0.15, 0.2) is 5.78 Å². The van der Waals surface area contributed by atoms with Gasteiger partial charge in [-0.2, -0.15) is 0 Å². The number of carbonyl (C=O) groups excluding carboxylic acids is 12. The fourth-order valence-electron chi connectivity index (χ4n) is 9.90. The van der Waals surface area contributed by atoms with Crippen LogP contribution in [0.4, 0.5) is 0 Å². The van der Waals surface area contributed by atoms with E-state index < -0.39 is 132 Å². The molecule has 0 unspecified atom stereocenters. The van der Waals surface area contributed by atoms with Gasteiger partial charge in [-0.1, -0.05) is 70.9 Å². The van der Waals surface area contributed by atoms with Gasteiger partial charge in [-0.3, -0.25) is 28.8 Å². The Kier molecular flexibility index (Phi) is 36.6. The van der Waals surface area contributed by atoms with Crippen LogP contribution in [0, 0.1) is 48.3 Å². The number of Topliss-reactive ketones (excluding diaryl/α,β-unsaturated/α-hetero) is 5. The number of rotatable bonds is 47. The van der Waals surface area contributed by atoms with Crippen LogP contribution in [-0.2, 0) is 64.0 Å². The van der Waals surface area contributed by atoms with E-state index in [9.17, 15) is 57.5 Å². The summed E-state index contributed by atoms with van der Waals surface area (Å²) in [6.07, 6.45) is 1.21. The van der Waals surface area contributed by atoms with Gasteiger partial charge in [-0.15, -0.1) is 0 Å². The molecular weight excluding hydrogens is 1180 g/mol. The molecule has 0 spiro atoms. The van der Waals surface area contributed by atoms with Crippen LogP contribution in [0.25, 0.3) is 0 Å². The van der Waals surface area contributed by atoms with Crippen molar-refractivity contribution < 1.29 is 57.5 Å². The summed E-state index contributed by atoms with van der Waals surface area (Å²) in [5.74, 6) is -10.7. The molecule has 0 saturated carbocycles. The van der Waals surface area contributed by atoms with Crippen LogP contribution < -0.4 is 59.7 Å². The summed E-state index contributed by atoms with van der Waals surface area (Å²) in [6, 6.07) is 12.6. The van der Waals surface area contributed by atoms with Crippen molar-refractivity contribution in [1.29, 1.82) is 0 Å². The Hall–Kier alpha value is -6.52. The van der Waals surface area contributed by atoms with Crippen molar-refractivity contribution in [3.63, 3.8) is 0 Å². The monoisotopic (exact) mass is 1280 g/mol. The van der Waals surface area contributed by atoms with Crippen LogP contribution in [0.15, 0.2) is 54.6 Å². The molecule has 0 aliphatic rings. The Labute approximate surface area is 520 Å². The molecule has 23 heteroatoms. The molecule has 2 aromatic carbocycles. The van der Waals surface area contributed by atoms with E-state index in [0.29, 0.717) is 45.2 Å². The molecule has 0 aromatic heterocycles. The number of carbonyl (C=O) groups is 12. The van der Waals surface area contributed by atoms with Crippen molar-refractivity contribution in [3.05, 3.63) is 65.7 Å². The fourth-order valence-corrected chi connectivity index (χ4v) is 12.0. The fraction of sp³-hybridized carbons (Fsp3) is 0.625. The number of benzene rings is 2. The summed E-state index contributed by atoms with van der Waals surface area (Å²) < 4.78 is 0.973. The Morgan fingerprint density at radius 1 is 0.494 bits per heavy atom. The van der Waals surface area contributed by atoms with E-state index in [-0.39, 0.29) is 114 Å². The van der Waals surface area contributed by atoms with Gasteiger partial charge in [0.05, 0.1) is 18.5 Å². The Bertz CT molecular complexity index is 2570. The van der Waals surface area contributed by atoms with Gasteiger partial charge < -0.3 is 34.0 Å². The van der Waals surface area contributed by atoms with Crippen molar-refractivity contribution in [2.24, 2.45) is 70.1 Å². The van der Waals surface area contributed by atoms with E-state index in [4.69, 9.17) is 28.7 Å². The molecule has 0 radical (unpaired) electrons. The minimum atomic E-state index is -1.40. The van der Waals surface area contributed by atoms with Crippen LogP contribution in [0.5, 0.6) is 0 Å². The molecule has 2 aromatic rings. The summed E-state index contributed by atoms with van der Waals surface area (Å²) >= 11 is -0.277. The first kappa shape index (κ1) is 76.6. The third-order valence-electron chi connectivity index (χ3n) is 14.7. The first-order chi connectivity index (χ1) is 41.1. The summed E-state index contributed by atoms with van der Waals surface area (Å²) in [6.45, 7) is 13.0. The predicted molar refractivity (Wildman–Crippen MR) is 335 cm³/mol. The summed E-state index contributed by atoms with van der Waals surface area (Å²) in [7, 11) is 0. The zero-order valence-electron chi connectivity index (χ0n) is 52.3. The number of hydrogen-bond donors (Lipinski definition) is 10. The molecule has 0 heterocycles. The van der Waals surface area contributed by atoms with Crippen LogP contribution in [0.2, 0.25) is 5.32 Å². The van der Waals surface area contributed by atoms with E-state index in [2.05, 4.69) is 26.6 Å². The molecular formula is C64H100N10O12Se. The molecule has 8 atom stereocenters. The van der Waals surface area contributed by atoms with E-state index in [0.717, 1.165) is 15.6 Å². The summed E-state index contributed by atoms with van der Waals surface area (Å²) in [4.78, 5) is 161. The molecule has 0 fully saturated rings. The second-order valence-corrected chi connectivity index (χ2v) is 26.5. The van der Waals surface area contributed by atoms with Gasteiger partial charge >= 0.3 is 254 Å². The van der Waals surface area contributed by atoms with Gasteiger partial charge in [0, 0.05) is 24.7 Å². The maximum atomic E-state index is 14.3. The maximum absolute atomic E-state index is 14.3.